The van der Waals surface area contributed by atoms with Crippen LogP contribution in [0.5, 0.6) is 0 Å². The van der Waals surface area contributed by atoms with Crippen LogP contribution in [-0.4, -0.2) is 22.9 Å². The van der Waals surface area contributed by atoms with Crippen LogP contribution in [0, 0.1) is 65.6 Å². The Kier molecular flexibility index (Phi) is 9.43. The van der Waals surface area contributed by atoms with Crippen LogP contribution in [0.2, 0.25) is 0 Å². The molecule has 0 aliphatic heterocycles. The van der Waals surface area contributed by atoms with Gasteiger partial charge in [-0.25, -0.2) is 0 Å². The Bertz CT molecular complexity index is 1750. The third kappa shape index (κ3) is 6.75. The van der Waals surface area contributed by atoms with E-state index in [1.165, 1.54) is 12.1 Å². The zero-order chi connectivity index (χ0) is 31.6. The average molecular weight is 583 g/mol. The van der Waals surface area contributed by atoms with E-state index in [2.05, 4.69) is 0 Å². The minimum atomic E-state index is -0.623. The van der Waals surface area contributed by atoms with Gasteiger partial charge >= 0.3 is 0 Å². The van der Waals surface area contributed by atoms with E-state index in [1.54, 1.807) is 9.80 Å². The van der Waals surface area contributed by atoms with Gasteiger partial charge in [0.2, 0.25) is 0 Å². The molecular formula is C32H22N8O4. The summed E-state index contributed by atoms with van der Waals surface area (Å²) in [6.45, 7) is 0.518. The monoisotopic (exact) mass is 582 g/mol. The maximum Gasteiger partial charge on any atom is 0.293 e. The Morgan fingerprint density at radius 1 is 0.545 bits per heavy atom. The SMILES string of the molecule is N#Cc1cc(N(CCN(Cc2ccccc2)c2cc(C#N)c(C#N)cc2[N+](=O)[O-])Cc2ccccc2)c([N+](=O)[O-])cc1C#N. The molecule has 12 heteroatoms. The van der Waals surface area contributed by atoms with Crippen LogP contribution in [0.3, 0.4) is 0 Å². The van der Waals surface area contributed by atoms with Crippen molar-refractivity contribution in [3.8, 4) is 24.3 Å². The Labute approximate surface area is 252 Å². The first-order valence-electron chi connectivity index (χ1n) is 13.1. The minimum absolute atomic E-state index is 0.0336. The van der Waals surface area contributed by atoms with Crippen molar-refractivity contribution < 1.29 is 9.85 Å². The van der Waals surface area contributed by atoms with Crippen molar-refractivity contribution in [3.05, 3.63) is 139 Å². The van der Waals surface area contributed by atoms with Gasteiger partial charge < -0.3 is 9.80 Å². The van der Waals surface area contributed by atoms with E-state index in [0.717, 1.165) is 23.3 Å². The lowest BCUT2D eigenvalue weighted by molar-refractivity contribution is -0.384. The molecule has 4 aromatic carbocycles. The smallest absolute Gasteiger partial charge is 0.293 e. The second-order valence-corrected chi connectivity index (χ2v) is 9.55. The zero-order valence-corrected chi connectivity index (χ0v) is 23.1. The second-order valence-electron chi connectivity index (χ2n) is 9.55. The summed E-state index contributed by atoms with van der Waals surface area (Å²) < 4.78 is 0. The number of hydrogen-bond donors (Lipinski definition) is 0. The molecule has 0 radical (unpaired) electrons. The molecule has 0 atom stereocenters. The largest absolute Gasteiger partial charge is 0.360 e. The van der Waals surface area contributed by atoms with E-state index in [4.69, 9.17) is 0 Å². The van der Waals surface area contributed by atoms with Crippen molar-refractivity contribution in [2.45, 2.75) is 13.1 Å². The summed E-state index contributed by atoms with van der Waals surface area (Å²) in [5, 5.41) is 62.6. The van der Waals surface area contributed by atoms with E-state index >= 15 is 0 Å². The molecule has 0 fully saturated rings. The summed E-state index contributed by atoms with van der Waals surface area (Å²) >= 11 is 0. The van der Waals surface area contributed by atoms with Crippen molar-refractivity contribution in [2.24, 2.45) is 0 Å². The Morgan fingerprint density at radius 2 is 0.864 bits per heavy atom. The van der Waals surface area contributed by atoms with Crippen LogP contribution in [0.4, 0.5) is 22.7 Å². The number of hydrogen-bond acceptors (Lipinski definition) is 10. The predicted octanol–water partition coefficient (Wildman–Crippen LogP) is 5.70. The molecule has 0 saturated heterocycles. The van der Waals surface area contributed by atoms with E-state index < -0.39 is 9.85 Å². The summed E-state index contributed by atoms with van der Waals surface area (Å²) in [6, 6.07) is 30.5. The molecule has 0 amide bonds. The average Bonchev–Trinajstić information content (AvgIpc) is 3.05. The molecule has 0 spiro atoms. The van der Waals surface area contributed by atoms with Crippen molar-refractivity contribution in [2.75, 3.05) is 22.9 Å². The Hall–Kier alpha value is -6.76. The number of benzene rings is 4. The highest BCUT2D eigenvalue weighted by Gasteiger charge is 2.27. The van der Waals surface area contributed by atoms with E-state index in [0.29, 0.717) is 0 Å². The van der Waals surface area contributed by atoms with Crippen LogP contribution in [0.25, 0.3) is 0 Å². The van der Waals surface area contributed by atoms with Gasteiger partial charge in [-0.05, 0) is 23.3 Å². The maximum absolute atomic E-state index is 12.1. The molecule has 12 nitrogen and oxygen atoms in total. The summed E-state index contributed by atoms with van der Waals surface area (Å²) in [6.07, 6.45) is 0. The summed E-state index contributed by atoms with van der Waals surface area (Å²) in [5.74, 6) is 0. The van der Waals surface area contributed by atoms with Crippen LogP contribution < -0.4 is 9.80 Å². The fourth-order valence-electron chi connectivity index (χ4n) is 4.74. The lowest BCUT2D eigenvalue weighted by Gasteiger charge is -2.30. The van der Waals surface area contributed by atoms with Crippen molar-refractivity contribution in [3.63, 3.8) is 0 Å². The van der Waals surface area contributed by atoms with Gasteiger partial charge in [0.15, 0.2) is 0 Å². The van der Waals surface area contributed by atoms with Crippen LogP contribution in [0.15, 0.2) is 84.9 Å². The quantitative estimate of drug-likeness (QED) is 0.157. The summed E-state index contributed by atoms with van der Waals surface area (Å²) in [5.41, 5.74) is 0.718. The third-order valence-corrected chi connectivity index (χ3v) is 6.86. The number of nitriles is 4. The lowest BCUT2D eigenvalue weighted by atomic mass is 10.0. The van der Waals surface area contributed by atoms with E-state index in [1.807, 2.05) is 84.9 Å². The molecule has 4 aromatic rings. The van der Waals surface area contributed by atoms with Gasteiger partial charge in [0, 0.05) is 38.3 Å². The molecule has 214 valence electrons. The first-order chi connectivity index (χ1) is 21.3. The molecule has 0 N–H and O–H groups in total. The molecule has 4 rings (SSSR count). The molecular weight excluding hydrogens is 560 g/mol. The number of nitro groups is 2. The van der Waals surface area contributed by atoms with E-state index in [9.17, 15) is 41.3 Å². The number of nitro benzene ring substituents is 2. The Balaban J connectivity index is 1.85. The normalized spacial score (nSPS) is 10.0. The number of nitrogens with zero attached hydrogens (tertiary/aromatic N) is 8. The minimum Gasteiger partial charge on any atom is -0.360 e. The summed E-state index contributed by atoms with van der Waals surface area (Å²) in [7, 11) is 0. The van der Waals surface area contributed by atoms with Gasteiger partial charge in [0.05, 0.1) is 32.1 Å². The molecule has 0 unspecified atom stereocenters. The fraction of sp³-hybridized carbons (Fsp3) is 0.125. The third-order valence-electron chi connectivity index (χ3n) is 6.86. The first-order valence-corrected chi connectivity index (χ1v) is 13.1. The second kappa shape index (κ2) is 13.7. The number of rotatable bonds is 11. The molecule has 0 aromatic heterocycles. The zero-order valence-electron chi connectivity index (χ0n) is 23.1. The van der Waals surface area contributed by atoms with Gasteiger partial charge in [0.1, 0.15) is 35.7 Å². The fourth-order valence-corrected chi connectivity index (χ4v) is 4.74. The van der Waals surface area contributed by atoms with Gasteiger partial charge in [-0.15, -0.1) is 0 Å². The van der Waals surface area contributed by atoms with Crippen LogP contribution in [-0.2, 0) is 13.1 Å². The van der Waals surface area contributed by atoms with Crippen molar-refractivity contribution in [1.82, 2.24) is 0 Å². The van der Waals surface area contributed by atoms with Crippen LogP contribution in [0.1, 0.15) is 33.4 Å². The maximum atomic E-state index is 12.1. The molecule has 0 bridgehead atoms. The highest BCUT2D eigenvalue weighted by molar-refractivity contribution is 5.72. The standard InChI is InChI=1S/C32H22N8O4/c33-17-25-13-29(31(39(41)42)15-27(25)19-35)37(21-23-7-3-1-4-8-23)11-12-38(22-24-9-5-2-6-10-24)30-14-26(18-34)28(20-36)16-32(30)40(43)44/h1-10,13-16H,11-12,21-22H2. The molecule has 0 aliphatic rings. The topological polar surface area (TPSA) is 188 Å². The molecule has 0 aliphatic carbocycles. The van der Waals surface area contributed by atoms with E-state index in [-0.39, 0.29) is 71.2 Å². The Morgan fingerprint density at radius 3 is 1.16 bits per heavy atom. The highest BCUT2D eigenvalue weighted by atomic mass is 16.6. The lowest BCUT2D eigenvalue weighted by Crippen LogP contribution is -2.35. The molecule has 44 heavy (non-hydrogen) atoms. The van der Waals surface area contributed by atoms with Gasteiger partial charge in [-0.3, -0.25) is 20.2 Å². The molecule has 0 heterocycles. The summed E-state index contributed by atoms with van der Waals surface area (Å²) in [4.78, 5) is 26.4. The van der Waals surface area contributed by atoms with Gasteiger partial charge in [-0.2, -0.15) is 21.0 Å². The molecule has 0 saturated carbocycles. The van der Waals surface area contributed by atoms with Gasteiger partial charge in [-0.1, -0.05) is 60.7 Å². The highest BCUT2D eigenvalue weighted by Crippen LogP contribution is 2.35. The predicted molar refractivity (Wildman–Crippen MR) is 160 cm³/mol. The van der Waals surface area contributed by atoms with Crippen molar-refractivity contribution >= 4 is 22.7 Å². The van der Waals surface area contributed by atoms with Crippen LogP contribution >= 0.6 is 0 Å². The number of anilines is 2. The first kappa shape index (κ1) is 30.2. The van der Waals surface area contributed by atoms with Gasteiger partial charge in [0.25, 0.3) is 11.4 Å². The van der Waals surface area contributed by atoms with Crippen molar-refractivity contribution in [1.29, 1.82) is 21.0 Å².